The number of thiophene rings is 1. The minimum Gasteiger partial charge on any atom is -0.345 e. The molecular weight excluding hydrogens is 404 g/mol. The van der Waals surface area contributed by atoms with Crippen LogP contribution < -0.4 is 9.62 Å². The van der Waals surface area contributed by atoms with Crippen LogP contribution in [-0.2, 0) is 16.4 Å². The lowest BCUT2D eigenvalue weighted by atomic mass is 9.87. The highest BCUT2D eigenvalue weighted by Gasteiger charge is 2.24. The molecule has 0 saturated carbocycles. The normalized spacial score (nSPS) is 16.1. The number of benzene rings is 2. The average Bonchev–Trinajstić information content (AvgIpc) is 3.29. The molecule has 150 valence electrons. The Morgan fingerprint density at radius 1 is 1.07 bits per heavy atom. The zero-order valence-corrected chi connectivity index (χ0v) is 17.7. The van der Waals surface area contributed by atoms with E-state index in [2.05, 4.69) is 17.4 Å². The average molecular weight is 427 g/mol. The van der Waals surface area contributed by atoms with E-state index < -0.39 is 10.0 Å². The highest BCUT2D eigenvalue weighted by molar-refractivity contribution is 7.94. The smallest absolute Gasteiger partial charge is 0.273 e. The Bertz CT molecular complexity index is 1110. The van der Waals surface area contributed by atoms with Gasteiger partial charge in [-0.2, -0.15) is 0 Å². The third-order valence-electron chi connectivity index (χ3n) is 5.28. The van der Waals surface area contributed by atoms with Gasteiger partial charge in [0.15, 0.2) is 0 Å². The summed E-state index contributed by atoms with van der Waals surface area (Å²) in [7, 11) is -2.07. The first kappa shape index (κ1) is 19.7. The summed E-state index contributed by atoms with van der Waals surface area (Å²) in [6, 6.07) is 18.2. The van der Waals surface area contributed by atoms with E-state index in [0.29, 0.717) is 11.3 Å². The Hall–Kier alpha value is -2.64. The Labute approximate surface area is 175 Å². The van der Waals surface area contributed by atoms with Crippen molar-refractivity contribution < 1.29 is 13.2 Å². The van der Waals surface area contributed by atoms with Crippen molar-refractivity contribution in [1.29, 1.82) is 0 Å². The molecule has 0 aliphatic heterocycles. The lowest BCUT2D eigenvalue weighted by Gasteiger charge is -2.26. The molecule has 4 rings (SSSR count). The highest BCUT2D eigenvalue weighted by Crippen LogP contribution is 2.30. The van der Waals surface area contributed by atoms with Gasteiger partial charge >= 0.3 is 0 Å². The van der Waals surface area contributed by atoms with E-state index in [-0.39, 0.29) is 16.2 Å². The molecule has 0 unspecified atom stereocenters. The zero-order chi connectivity index (χ0) is 20.4. The Kier molecular flexibility index (Phi) is 5.43. The van der Waals surface area contributed by atoms with Crippen LogP contribution in [-0.4, -0.2) is 21.4 Å². The van der Waals surface area contributed by atoms with E-state index in [4.69, 9.17) is 0 Å². The summed E-state index contributed by atoms with van der Waals surface area (Å²) in [6.07, 6.45) is 3.01. The number of hydrogen-bond donors (Lipinski definition) is 1. The van der Waals surface area contributed by atoms with Crippen LogP contribution in [0.3, 0.4) is 0 Å². The van der Waals surface area contributed by atoms with Gasteiger partial charge in [-0.25, -0.2) is 8.42 Å². The summed E-state index contributed by atoms with van der Waals surface area (Å²) >= 11 is 1.18. The number of nitrogens with zero attached hydrogens (tertiary/aromatic N) is 1. The molecular formula is C22H22N2O3S2. The predicted octanol–water partition coefficient (Wildman–Crippen LogP) is 4.38. The standard InChI is InChI=1S/C22H22N2O3S2/c1-24(29(26,27)21-10-5-15-28-21)18-13-11-17(12-14-18)22(25)23-20-9-4-7-16-6-2-3-8-19(16)20/h2-3,5-6,8,10-15,20H,4,7,9H2,1H3,(H,23,25)/t20-/m0/s1. The summed E-state index contributed by atoms with van der Waals surface area (Å²) in [6.45, 7) is 0. The van der Waals surface area contributed by atoms with Crippen LogP contribution in [0.25, 0.3) is 0 Å². The maximum atomic E-state index is 12.7. The number of rotatable bonds is 5. The second kappa shape index (κ2) is 8.00. The second-order valence-electron chi connectivity index (χ2n) is 7.07. The number of anilines is 1. The molecule has 1 aliphatic rings. The Morgan fingerprint density at radius 2 is 1.83 bits per heavy atom. The van der Waals surface area contributed by atoms with Crippen molar-refractivity contribution in [2.24, 2.45) is 0 Å². The SMILES string of the molecule is CN(c1ccc(C(=O)N[C@H]2CCCc3ccccc32)cc1)S(=O)(=O)c1cccs1. The molecule has 1 heterocycles. The minimum absolute atomic E-state index is 0.00834. The maximum absolute atomic E-state index is 12.7. The molecule has 29 heavy (non-hydrogen) atoms. The molecule has 5 nitrogen and oxygen atoms in total. The predicted molar refractivity (Wildman–Crippen MR) is 116 cm³/mol. The van der Waals surface area contributed by atoms with Crippen LogP contribution in [0.1, 0.15) is 40.4 Å². The van der Waals surface area contributed by atoms with Crippen LogP contribution in [0, 0.1) is 0 Å². The molecule has 1 aliphatic carbocycles. The van der Waals surface area contributed by atoms with E-state index >= 15 is 0 Å². The van der Waals surface area contributed by atoms with Crippen molar-refractivity contribution in [3.8, 4) is 0 Å². The molecule has 2 aromatic carbocycles. The largest absolute Gasteiger partial charge is 0.345 e. The van der Waals surface area contributed by atoms with Gasteiger partial charge in [-0.3, -0.25) is 9.10 Å². The summed E-state index contributed by atoms with van der Waals surface area (Å²) < 4.78 is 26.8. The number of aryl methyl sites for hydroxylation is 1. The monoisotopic (exact) mass is 426 g/mol. The third-order valence-corrected chi connectivity index (χ3v) is 8.44. The quantitative estimate of drug-likeness (QED) is 0.658. The molecule has 0 radical (unpaired) electrons. The van der Waals surface area contributed by atoms with Gasteiger partial charge in [0.2, 0.25) is 0 Å². The fraction of sp³-hybridized carbons (Fsp3) is 0.227. The summed E-state index contributed by atoms with van der Waals surface area (Å²) in [5.41, 5.74) is 3.50. The van der Waals surface area contributed by atoms with Crippen LogP contribution in [0.4, 0.5) is 5.69 Å². The first-order chi connectivity index (χ1) is 14.0. The Morgan fingerprint density at radius 3 is 2.55 bits per heavy atom. The van der Waals surface area contributed by atoms with Crippen LogP contribution in [0.15, 0.2) is 70.3 Å². The molecule has 0 saturated heterocycles. The fourth-order valence-corrected chi connectivity index (χ4v) is 6.01. The summed E-state index contributed by atoms with van der Waals surface area (Å²) in [5, 5.41) is 4.86. The number of nitrogens with one attached hydrogen (secondary N) is 1. The van der Waals surface area contributed by atoms with E-state index in [0.717, 1.165) is 19.3 Å². The van der Waals surface area contributed by atoms with Crippen molar-refractivity contribution in [2.75, 3.05) is 11.4 Å². The van der Waals surface area contributed by atoms with E-state index in [1.54, 1.807) is 41.8 Å². The second-order valence-corrected chi connectivity index (χ2v) is 10.2. The van der Waals surface area contributed by atoms with Gasteiger partial charge in [-0.05, 0) is 66.1 Å². The van der Waals surface area contributed by atoms with Crippen LogP contribution in [0.5, 0.6) is 0 Å². The van der Waals surface area contributed by atoms with Crippen molar-refractivity contribution in [2.45, 2.75) is 29.5 Å². The van der Waals surface area contributed by atoms with E-state index in [1.807, 2.05) is 12.1 Å². The fourth-order valence-electron chi connectivity index (χ4n) is 3.65. The molecule has 0 spiro atoms. The molecule has 1 amide bonds. The van der Waals surface area contributed by atoms with Gasteiger partial charge in [-0.15, -0.1) is 11.3 Å². The van der Waals surface area contributed by atoms with Gasteiger partial charge in [-0.1, -0.05) is 30.3 Å². The lowest BCUT2D eigenvalue weighted by molar-refractivity contribution is 0.0933. The van der Waals surface area contributed by atoms with Gasteiger partial charge in [0.1, 0.15) is 4.21 Å². The van der Waals surface area contributed by atoms with E-state index in [1.165, 1.54) is 33.8 Å². The van der Waals surface area contributed by atoms with Crippen LogP contribution >= 0.6 is 11.3 Å². The number of amides is 1. The highest BCUT2D eigenvalue weighted by atomic mass is 32.2. The van der Waals surface area contributed by atoms with Crippen molar-refractivity contribution >= 4 is 33.0 Å². The number of sulfonamides is 1. The molecule has 0 bridgehead atoms. The number of carbonyl (C=O) groups is 1. The van der Waals surface area contributed by atoms with Crippen LogP contribution in [0.2, 0.25) is 0 Å². The molecule has 1 aromatic heterocycles. The summed E-state index contributed by atoms with van der Waals surface area (Å²) in [4.78, 5) is 12.7. The molecule has 1 atom stereocenters. The Balaban J connectivity index is 1.49. The topological polar surface area (TPSA) is 66.5 Å². The molecule has 3 aromatic rings. The van der Waals surface area contributed by atoms with E-state index in [9.17, 15) is 13.2 Å². The van der Waals surface area contributed by atoms with Crippen molar-refractivity contribution in [1.82, 2.24) is 5.32 Å². The van der Waals surface area contributed by atoms with Gasteiger partial charge in [0.05, 0.1) is 11.7 Å². The third kappa shape index (κ3) is 3.93. The molecule has 0 fully saturated rings. The number of carbonyl (C=O) groups excluding carboxylic acids is 1. The van der Waals surface area contributed by atoms with Gasteiger partial charge in [0, 0.05) is 12.6 Å². The lowest BCUT2D eigenvalue weighted by Crippen LogP contribution is -2.31. The van der Waals surface area contributed by atoms with Crippen molar-refractivity contribution in [3.05, 3.63) is 82.7 Å². The summed E-state index contributed by atoms with van der Waals surface area (Å²) in [5.74, 6) is -0.151. The molecule has 1 N–H and O–H groups in total. The number of hydrogen-bond acceptors (Lipinski definition) is 4. The van der Waals surface area contributed by atoms with Crippen molar-refractivity contribution in [3.63, 3.8) is 0 Å². The first-order valence-corrected chi connectivity index (χ1v) is 11.8. The minimum atomic E-state index is -3.59. The number of fused-ring (bicyclic) bond motifs is 1. The maximum Gasteiger partial charge on any atom is 0.273 e. The van der Waals surface area contributed by atoms with Gasteiger partial charge < -0.3 is 5.32 Å². The zero-order valence-electron chi connectivity index (χ0n) is 16.0. The molecule has 7 heteroatoms. The van der Waals surface area contributed by atoms with Gasteiger partial charge in [0.25, 0.3) is 15.9 Å². The first-order valence-electron chi connectivity index (χ1n) is 9.48.